The van der Waals surface area contributed by atoms with E-state index in [0.29, 0.717) is 5.75 Å². The summed E-state index contributed by atoms with van der Waals surface area (Å²) >= 11 is 0. The van der Waals surface area contributed by atoms with Gasteiger partial charge in [-0.05, 0) is 24.6 Å². The van der Waals surface area contributed by atoms with Crippen LogP contribution in [-0.4, -0.2) is 19.7 Å². The second-order valence-corrected chi connectivity index (χ2v) is 3.22. The van der Waals surface area contributed by atoms with Gasteiger partial charge in [0.05, 0.1) is 7.11 Å². The summed E-state index contributed by atoms with van der Waals surface area (Å²) in [4.78, 5) is 10.8. The number of methoxy groups -OCH3 is 1. The third kappa shape index (κ3) is 3.59. The zero-order chi connectivity index (χ0) is 11.3. The average Bonchev–Trinajstić information content (AvgIpc) is 2.26. The van der Waals surface area contributed by atoms with E-state index in [2.05, 4.69) is 4.74 Å². The van der Waals surface area contributed by atoms with Gasteiger partial charge in [0.15, 0.2) is 6.61 Å². The van der Waals surface area contributed by atoms with Gasteiger partial charge in [-0.3, -0.25) is 0 Å². The second kappa shape index (κ2) is 5.36. The SMILES string of the molecule is COC(=O)COc1ccc([C@H](C)N)cc1. The van der Waals surface area contributed by atoms with Crippen LogP contribution in [0.3, 0.4) is 0 Å². The molecular weight excluding hydrogens is 194 g/mol. The van der Waals surface area contributed by atoms with E-state index in [1.807, 2.05) is 19.1 Å². The van der Waals surface area contributed by atoms with Gasteiger partial charge >= 0.3 is 5.97 Å². The van der Waals surface area contributed by atoms with Crippen molar-refractivity contribution in [3.8, 4) is 5.75 Å². The molecule has 0 heterocycles. The molecule has 0 fully saturated rings. The zero-order valence-electron chi connectivity index (χ0n) is 8.90. The van der Waals surface area contributed by atoms with Crippen molar-refractivity contribution in [2.75, 3.05) is 13.7 Å². The molecule has 0 aliphatic heterocycles. The second-order valence-electron chi connectivity index (χ2n) is 3.22. The van der Waals surface area contributed by atoms with Gasteiger partial charge in [-0.25, -0.2) is 4.79 Å². The minimum atomic E-state index is -0.397. The molecule has 0 spiro atoms. The fourth-order valence-corrected chi connectivity index (χ4v) is 1.07. The summed E-state index contributed by atoms with van der Waals surface area (Å²) in [7, 11) is 1.32. The van der Waals surface area contributed by atoms with Crippen LogP contribution in [0.1, 0.15) is 18.5 Å². The van der Waals surface area contributed by atoms with E-state index >= 15 is 0 Å². The van der Waals surface area contributed by atoms with Crippen LogP contribution in [0.25, 0.3) is 0 Å². The Labute approximate surface area is 89.0 Å². The van der Waals surface area contributed by atoms with E-state index in [1.165, 1.54) is 7.11 Å². The molecule has 4 nitrogen and oxygen atoms in total. The van der Waals surface area contributed by atoms with Crippen LogP contribution >= 0.6 is 0 Å². The fourth-order valence-electron chi connectivity index (χ4n) is 1.07. The third-order valence-electron chi connectivity index (χ3n) is 1.99. The van der Waals surface area contributed by atoms with Crippen molar-refractivity contribution >= 4 is 5.97 Å². The molecule has 0 saturated heterocycles. The van der Waals surface area contributed by atoms with E-state index < -0.39 is 5.97 Å². The Balaban J connectivity index is 2.53. The molecule has 0 saturated carbocycles. The summed E-state index contributed by atoms with van der Waals surface area (Å²) in [5.41, 5.74) is 6.72. The van der Waals surface area contributed by atoms with Crippen molar-refractivity contribution < 1.29 is 14.3 Å². The average molecular weight is 209 g/mol. The molecule has 1 atom stereocenters. The van der Waals surface area contributed by atoms with Crippen LogP contribution in [-0.2, 0) is 9.53 Å². The third-order valence-corrected chi connectivity index (χ3v) is 1.99. The van der Waals surface area contributed by atoms with E-state index in [1.54, 1.807) is 12.1 Å². The summed E-state index contributed by atoms with van der Waals surface area (Å²) in [5.74, 6) is 0.232. The summed E-state index contributed by atoms with van der Waals surface area (Å²) in [6.45, 7) is 1.83. The van der Waals surface area contributed by atoms with E-state index in [0.717, 1.165) is 5.56 Å². The number of hydrogen-bond acceptors (Lipinski definition) is 4. The van der Waals surface area contributed by atoms with Crippen LogP contribution < -0.4 is 10.5 Å². The molecule has 0 unspecified atom stereocenters. The number of esters is 1. The van der Waals surface area contributed by atoms with Gasteiger partial charge in [-0.2, -0.15) is 0 Å². The van der Waals surface area contributed by atoms with E-state index in [-0.39, 0.29) is 12.6 Å². The standard InChI is InChI=1S/C11H15NO3/c1-8(12)9-3-5-10(6-4-9)15-7-11(13)14-2/h3-6,8H,7,12H2,1-2H3/t8-/m0/s1. The van der Waals surface area contributed by atoms with Gasteiger partial charge in [0, 0.05) is 6.04 Å². The first-order valence-corrected chi connectivity index (χ1v) is 4.68. The van der Waals surface area contributed by atoms with Crippen molar-refractivity contribution in [2.24, 2.45) is 5.73 Å². The molecule has 0 radical (unpaired) electrons. The Hall–Kier alpha value is -1.55. The predicted molar refractivity (Wildman–Crippen MR) is 56.6 cm³/mol. The molecule has 2 N–H and O–H groups in total. The summed E-state index contributed by atoms with van der Waals surface area (Å²) < 4.78 is 9.63. The largest absolute Gasteiger partial charge is 0.482 e. The van der Waals surface area contributed by atoms with Crippen molar-refractivity contribution in [3.05, 3.63) is 29.8 Å². The minimum Gasteiger partial charge on any atom is -0.482 e. The van der Waals surface area contributed by atoms with Gasteiger partial charge in [-0.15, -0.1) is 0 Å². The van der Waals surface area contributed by atoms with Gasteiger partial charge in [0.2, 0.25) is 0 Å². The number of nitrogens with two attached hydrogens (primary N) is 1. The number of hydrogen-bond donors (Lipinski definition) is 1. The van der Waals surface area contributed by atoms with Crippen molar-refractivity contribution in [1.82, 2.24) is 0 Å². The maximum absolute atomic E-state index is 10.8. The molecule has 0 bridgehead atoms. The molecule has 0 aliphatic carbocycles. The molecule has 82 valence electrons. The first kappa shape index (κ1) is 11.5. The smallest absolute Gasteiger partial charge is 0.343 e. The highest BCUT2D eigenvalue weighted by Crippen LogP contribution is 2.15. The number of ether oxygens (including phenoxy) is 2. The Kier molecular flexibility index (Phi) is 4.12. The lowest BCUT2D eigenvalue weighted by Crippen LogP contribution is -2.12. The molecule has 0 aromatic heterocycles. The number of carbonyl (C=O) groups is 1. The van der Waals surface area contributed by atoms with Crippen molar-refractivity contribution in [3.63, 3.8) is 0 Å². The Morgan fingerprint density at radius 2 is 2.00 bits per heavy atom. The molecule has 4 heteroatoms. The highest BCUT2D eigenvalue weighted by atomic mass is 16.6. The number of benzene rings is 1. The van der Waals surface area contributed by atoms with Gasteiger partial charge in [0.1, 0.15) is 5.75 Å². The summed E-state index contributed by atoms with van der Waals surface area (Å²) in [6, 6.07) is 7.30. The number of rotatable bonds is 4. The fraction of sp³-hybridized carbons (Fsp3) is 0.364. The molecule has 1 aromatic carbocycles. The molecule has 1 rings (SSSR count). The van der Waals surface area contributed by atoms with Crippen molar-refractivity contribution in [2.45, 2.75) is 13.0 Å². The van der Waals surface area contributed by atoms with Crippen LogP contribution in [0, 0.1) is 0 Å². The first-order valence-electron chi connectivity index (χ1n) is 4.68. The maximum Gasteiger partial charge on any atom is 0.343 e. The van der Waals surface area contributed by atoms with E-state index in [4.69, 9.17) is 10.5 Å². The molecular formula is C11H15NO3. The number of carbonyl (C=O) groups excluding carboxylic acids is 1. The Morgan fingerprint density at radius 1 is 1.40 bits per heavy atom. The molecule has 15 heavy (non-hydrogen) atoms. The monoisotopic (exact) mass is 209 g/mol. The van der Waals surface area contributed by atoms with Crippen LogP contribution in [0.15, 0.2) is 24.3 Å². The topological polar surface area (TPSA) is 61.5 Å². The van der Waals surface area contributed by atoms with Crippen molar-refractivity contribution in [1.29, 1.82) is 0 Å². The summed E-state index contributed by atoms with van der Waals surface area (Å²) in [6.07, 6.45) is 0. The maximum atomic E-state index is 10.8. The predicted octanol–water partition coefficient (Wildman–Crippen LogP) is 1.26. The quantitative estimate of drug-likeness (QED) is 0.758. The van der Waals surface area contributed by atoms with Crippen LogP contribution in [0.4, 0.5) is 0 Å². The first-order chi connectivity index (χ1) is 7.13. The lowest BCUT2D eigenvalue weighted by molar-refractivity contribution is -0.142. The lowest BCUT2D eigenvalue weighted by atomic mass is 10.1. The van der Waals surface area contributed by atoms with Crippen LogP contribution in [0.2, 0.25) is 0 Å². The Morgan fingerprint density at radius 3 is 2.47 bits per heavy atom. The molecule has 1 aromatic rings. The van der Waals surface area contributed by atoms with Crippen LogP contribution in [0.5, 0.6) is 5.75 Å². The summed E-state index contributed by atoms with van der Waals surface area (Å²) in [5, 5.41) is 0. The zero-order valence-corrected chi connectivity index (χ0v) is 8.90. The molecule has 0 amide bonds. The lowest BCUT2D eigenvalue weighted by Gasteiger charge is -2.07. The van der Waals surface area contributed by atoms with E-state index in [9.17, 15) is 4.79 Å². The van der Waals surface area contributed by atoms with Gasteiger partial charge in [0.25, 0.3) is 0 Å². The Bertz CT molecular complexity index is 319. The normalized spacial score (nSPS) is 11.9. The molecule has 0 aliphatic rings. The highest BCUT2D eigenvalue weighted by molar-refractivity contribution is 5.70. The minimum absolute atomic E-state index is 0.000318. The van der Waals surface area contributed by atoms with Gasteiger partial charge < -0.3 is 15.2 Å². The van der Waals surface area contributed by atoms with Gasteiger partial charge in [-0.1, -0.05) is 12.1 Å². The highest BCUT2D eigenvalue weighted by Gasteiger charge is 2.02.